The number of carbonyl (C=O) groups is 1. The van der Waals surface area contributed by atoms with E-state index < -0.39 is 6.04 Å². The Labute approximate surface area is 161 Å². The molecule has 6 nitrogen and oxygen atoms in total. The summed E-state index contributed by atoms with van der Waals surface area (Å²) >= 11 is 5.89. The molecule has 27 heavy (non-hydrogen) atoms. The highest BCUT2D eigenvalue weighted by Gasteiger charge is 2.21. The summed E-state index contributed by atoms with van der Waals surface area (Å²) in [7, 11) is 0. The number of carbonyl (C=O) groups excluding carboxylic acids is 1. The van der Waals surface area contributed by atoms with Gasteiger partial charge in [0.25, 0.3) is 0 Å². The Bertz CT molecular complexity index is 895. The monoisotopic (exact) mass is 387 g/mol. The van der Waals surface area contributed by atoms with Crippen molar-refractivity contribution < 1.29 is 9.18 Å². The van der Waals surface area contributed by atoms with Gasteiger partial charge in [0, 0.05) is 17.1 Å². The van der Waals surface area contributed by atoms with Crippen molar-refractivity contribution in [2.75, 3.05) is 6.54 Å². The molecule has 0 saturated carbocycles. The number of rotatable bonds is 7. The first kappa shape index (κ1) is 19.0. The summed E-state index contributed by atoms with van der Waals surface area (Å²) in [5.41, 5.74) is 1.73. The van der Waals surface area contributed by atoms with Gasteiger partial charge in [-0.3, -0.25) is 4.79 Å². The Morgan fingerprint density at radius 3 is 2.56 bits per heavy atom. The van der Waals surface area contributed by atoms with Crippen LogP contribution < -0.4 is 5.32 Å². The molecule has 1 atom stereocenters. The lowest BCUT2D eigenvalue weighted by Gasteiger charge is -2.13. The Morgan fingerprint density at radius 2 is 1.89 bits per heavy atom. The molecule has 0 saturated heterocycles. The van der Waals surface area contributed by atoms with Crippen LogP contribution >= 0.6 is 11.6 Å². The molecule has 1 N–H and O–H groups in total. The minimum absolute atomic E-state index is 0.181. The van der Waals surface area contributed by atoms with E-state index in [1.165, 1.54) is 16.9 Å². The van der Waals surface area contributed by atoms with Gasteiger partial charge in [-0.15, -0.1) is 10.2 Å². The summed E-state index contributed by atoms with van der Waals surface area (Å²) in [6, 6.07) is 12.8. The second kappa shape index (κ2) is 8.73. The standard InChI is InChI=1S/C19H19ClFN5O/c1-2-17(19(27)22-12-11-13-3-9-16(21)10-4-13)26-24-18(23-25-26)14-5-7-15(20)8-6-14/h3-10,17H,2,11-12H2,1H3,(H,22,27)/t17-/m0/s1. The molecule has 2 aromatic carbocycles. The van der Waals surface area contributed by atoms with Crippen LogP contribution in [-0.4, -0.2) is 32.7 Å². The number of benzene rings is 2. The normalized spacial score (nSPS) is 12.0. The van der Waals surface area contributed by atoms with Crippen molar-refractivity contribution in [2.45, 2.75) is 25.8 Å². The van der Waals surface area contributed by atoms with Crippen LogP contribution in [0.1, 0.15) is 24.9 Å². The maximum absolute atomic E-state index is 12.9. The van der Waals surface area contributed by atoms with Gasteiger partial charge in [0.1, 0.15) is 5.82 Å². The Morgan fingerprint density at radius 1 is 1.19 bits per heavy atom. The third-order valence-corrected chi connectivity index (χ3v) is 4.38. The number of nitrogens with zero attached hydrogens (tertiary/aromatic N) is 4. The SMILES string of the molecule is CC[C@@H](C(=O)NCCc1ccc(F)cc1)n1nnc(-c2ccc(Cl)cc2)n1. The molecule has 0 fully saturated rings. The fraction of sp³-hybridized carbons (Fsp3) is 0.263. The zero-order valence-electron chi connectivity index (χ0n) is 14.8. The van der Waals surface area contributed by atoms with E-state index >= 15 is 0 Å². The van der Waals surface area contributed by atoms with Crippen LogP contribution in [0, 0.1) is 5.82 Å². The van der Waals surface area contributed by atoms with Crippen LogP contribution in [-0.2, 0) is 11.2 Å². The fourth-order valence-electron chi connectivity index (χ4n) is 2.62. The lowest BCUT2D eigenvalue weighted by Crippen LogP contribution is -2.34. The number of aromatic nitrogens is 4. The first-order chi connectivity index (χ1) is 13.1. The zero-order valence-corrected chi connectivity index (χ0v) is 15.5. The molecule has 0 aliphatic heterocycles. The second-order valence-electron chi connectivity index (χ2n) is 6.03. The molecule has 3 rings (SSSR count). The van der Waals surface area contributed by atoms with Gasteiger partial charge < -0.3 is 5.32 Å². The average Bonchev–Trinajstić information content (AvgIpc) is 3.14. The van der Waals surface area contributed by atoms with E-state index in [1.54, 1.807) is 36.4 Å². The summed E-state index contributed by atoms with van der Waals surface area (Å²) in [6.07, 6.45) is 1.14. The van der Waals surface area contributed by atoms with Crippen molar-refractivity contribution in [2.24, 2.45) is 0 Å². The Hall–Kier alpha value is -2.80. The zero-order chi connectivity index (χ0) is 19.2. The van der Waals surface area contributed by atoms with Gasteiger partial charge in [0.15, 0.2) is 6.04 Å². The average molecular weight is 388 g/mol. The van der Waals surface area contributed by atoms with E-state index in [0.29, 0.717) is 30.2 Å². The highest BCUT2D eigenvalue weighted by Crippen LogP contribution is 2.18. The number of tetrazole rings is 1. The van der Waals surface area contributed by atoms with Gasteiger partial charge in [-0.25, -0.2) is 4.39 Å². The lowest BCUT2D eigenvalue weighted by molar-refractivity contribution is -0.125. The molecule has 3 aromatic rings. The molecule has 8 heteroatoms. The Kier molecular flexibility index (Phi) is 6.13. The molecule has 1 heterocycles. The third-order valence-electron chi connectivity index (χ3n) is 4.12. The molecule has 1 amide bonds. The smallest absolute Gasteiger partial charge is 0.246 e. The summed E-state index contributed by atoms with van der Waals surface area (Å²) in [5, 5.41) is 15.9. The highest BCUT2D eigenvalue weighted by atomic mass is 35.5. The Balaban J connectivity index is 1.61. The van der Waals surface area contributed by atoms with E-state index in [4.69, 9.17) is 11.6 Å². The van der Waals surface area contributed by atoms with Gasteiger partial charge in [-0.1, -0.05) is 30.7 Å². The van der Waals surface area contributed by atoms with Crippen LogP contribution in [0.15, 0.2) is 48.5 Å². The van der Waals surface area contributed by atoms with Gasteiger partial charge >= 0.3 is 0 Å². The van der Waals surface area contributed by atoms with Crippen molar-refractivity contribution in [3.05, 3.63) is 64.9 Å². The number of amides is 1. The van der Waals surface area contributed by atoms with Crippen LogP contribution in [0.25, 0.3) is 11.4 Å². The highest BCUT2D eigenvalue weighted by molar-refractivity contribution is 6.30. The van der Waals surface area contributed by atoms with E-state index in [2.05, 4.69) is 20.7 Å². The summed E-state index contributed by atoms with van der Waals surface area (Å²) in [5.74, 6) is -0.0218. The summed E-state index contributed by atoms with van der Waals surface area (Å²) in [4.78, 5) is 13.8. The second-order valence-corrected chi connectivity index (χ2v) is 6.47. The predicted octanol–water partition coefficient (Wildman–Crippen LogP) is 3.44. The van der Waals surface area contributed by atoms with Crippen LogP contribution in [0.2, 0.25) is 5.02 Å². The molecule has 0 spiro atoms. The number of halogens is 2. The molecule has 0 unspecified atom stereocenters. The molecule has 140 valence electrons. The van der Waals surface area contributed by atoms with E-state index in [1.807, 2.05) is 6.92 Å². The van der Waals surface area contributed by atoms with Crippen LogP contribution in [0.3, 0.4) is 0 Å². The molecule has 0 aliphatic carbocycles. The van der Waals surface area contributed by atoms with Gasteiger partial charge in [0.2, 0.25) is 11.7 Å². The van der Waals surface area contributed by atoms with Crippen LogP contribution in [0.5, 0.6) is 0 Å². The summed E-state index contributed by atoms with van der Waals surface area (Å²) < 4.78 is 12.9. The minimum atomic E-state index is -0.549. The predicted molar refractivity (Wildman–Crippen MR) is 101 cm³/mol. The maximum Gasteiger partial charge on any atom is 0.246 e. The first-order valence-electron chi connectivity index (χ1n) is 8.64. The van der Waals surface area contributed by atoms with Crippen molar-refractivity contribution in [1.82, 2.24) is 25.5 Å². The van der Waals surface area contributed by atoms with E-state index in [9.17, 15) is 9.18 Å². The lowest BCUT2D eigenvalue weighted by atomic mass is 10.1. The van der Waals surface area contributed by atoms with E-state index in [-0.39, 0.29) is 11.7 Å². The number of hydrogen-bond acceptors (Lipinski definition) is 4. The first-order valence-corrected chi connectivity index (χ1v) is 9.02. The topological polar surface area (TPSA) is 72.7 Å². The maximum atomic E-state index is 12.9. The molecular weight excluding hydrogens is 369 g/mol. The number of nitrogens with one attached hydrogen (secondary N) is 1. The quantitative estimate of drug-likeness (QED) is 0.674. The van der Waals surface area contributed by atoms with Crippen LogP contribution in [0.4, 0.5) is 4.39 Å². The van der Waals surface area contributed by atoms with Gasteiger partial charge in [0.05, 0.1) is 0 Å². The molecule has 1 aromatic heterocycles. The largest absolute Gasteiger partial charge is 0.354 e. The molecular formula is C19H19ClFN5O. The number of hydrogen-bond donors (Lipinski definition) is 1. The minimum Gasteiger partial charge on any atom is -0.354 e. The van der Waals surface area contributed by atoms with Gasteiger partial charge in [-0.05, 0) is 60.0 Å². The molecule has 0 aliphatic rings. The van der Waals surface area contributed by atoms with Crippen molar-refractivity contribution in [3.8, 4) is 11.4 Å². The van der Waals surface area contributed by atoms with Crippen molar-refractivity contribution in [3.63, 3.8) is 0 Å². The van der Waals surface area contributed by atoms with E-state index in [0.717, 1.165) is 11.1 Å². The van der Waals surface area contributed by atoms with Crippen molar-refractivity contribution in [1.29, 1.82) is 0 Å². The van der Waals surface area contributed by atoms with Gasteiger partial charge in [-0.2, -0.15) is 4.80 Å². The fourth-order valence-corrected chi connectivity index (χ4v) is 2.75. The van der Waals surface area contributed by atoms with Crippen molar-refractivity contribution >= 4 is 17.5 Å². The molecule has 0 radical (unpaired) electrons. The third kappa shape index (κ3) is 4.89. The summed E-state index contributed by atoms with van der Waals surface area (Å²) in [6.45, 7) is 2.33. The molecule has 0 bridgehead atoms.